The highest BCUT2D eigenvalue weighted by molar-refractivity contribution is 5.94. The first kappa shape index (κ1) is 14.4. The average molecular weight is 327 g/mol. The Balaban J connectivity index is 1.67. The first-order chi connectivity index (χ1) is 12.1. The van der Waals surface area contributed by atoms with Gasteiger partial charge in [-0.3, -0.25) is 4.98 Å². The van der Waals surface area contributed by atoms with Crippen LogP contribution in [0.2, 0.25) is 0 Å². The minimum atomic E-state index is -0.374. The predicted molar refractivity (Wildman–Crippen MR) is 95.5 cm³/mol. The van der Waals surface area contributed by atoms with Crippen molar-refractivity contribution in [2.45, 2.75) is 25.4 Å². The third kappa shape index (κ3) is 1.86. The molecule has 0 fully saturated rings. The number of aromatic nitrogens is 1. The topological polar surface area (TPSA) is 39.2 Å². The summed E-state index contributed by atoms with van der Waals surface area (Å²) in [6.45, 7) is 4.50. The Hall–Kier alpha value is -2.94. The van der Waals surface area contributed by atoms with E-state index in [1.54, 1.807) is 18.5 Å². The van der Waals surface area contributed by atoms with Gasteiger partial charge in [0.1, 0.15) is 0 Å². The number of hydrogen-bond acceptors (Lipinski definition) is 3. The van der Waals surface area contributed by atoms with Crippen LogP contribution in [0, 0.1) is 0 Å². The molecule has 1 aliphatic heterocycles. The first-order valence-corrected chi connectivity index (χ1v) is 8.46. The highest BCUT2D eigenvalue weighted by Gasteiger charge is 2.37. The molecular formula is C22H17NO2. The summed E-state index contributed by atoms with van der Waals surface area (Å²) in [5.41, 5.74) is 7.57. The molecule has 0 amide bonds. The molecule has 3 heteroatoms. The van der Waals surface area contributed by atoms with Crippen molar-refractivity contribution in [1.29, 1.82) is 0 Å². The van der Waals surface area contributed by atoms with E-state index in [1.165, 1.54) is 22.3 Å². The van der Waals surface area contributed by atoms with Crippen LogP contribution in [0.4, 0.5) is 0 Å². The van der Waals surface area contributed by atoms with Crippen molar-refractivity contribution >= 4 is 5.97 Å². The molecule has 1 unspecified atom stereocenters. The SMILES string of the molecule is CC1(C)c2ccccc2-c2ccc(C3OC(=O)c4ccncc43)cc21. The normalized spacial score (nSPS) is 19.1. The minimum Gasteiger partial charge on any atom is -0.449 e. The fourth-order valence-corrected chi connectivity index (χ4v) is 4.17. The molecule has 2 aromatic carbocycles. The Morgan fingerprint density at radius 2 is 1.76 bits per heavy atom. The molecular weight excluding hydrogens is 310 g/mol. The highest BCUT2D eigenvalue weighted by Crippen LogP contribution is 2.49. The highest BCUT2D eigenvalue weighted by atomic mass is 16.5. The first-order valence-electron chi connectivity index (χ1n) is 8.46. The maximum absolute atomic E-state index is 12.1. The van der Waals surface area contributed by atoms with Crippen molar-refractivity contribution in [1.82, 2.24) is 4.98 Å². The van der Waals surface area contributed by atoms with Gasteiger partial charge in [0.05, 0.1) is 5.56 Å². The number of hydrogen-bond donors (Lipinski definition) is 0. The lowest BCUT2D eigenvalue weighted by atomic mass is 9.81. The number of pyridine rings is 1. The molecule has 3 aromatic rings. The summed E-state index contributed by atoms with van der Waals surface area (Å²) in [6, 6.07) is 16.7. The van der Waals surface area contributed by atoms with Gasteiger partial charge in [-0.15, -0.1) is 0 Å². The molecule has 25 heavy (non-hydrogen) atoms. The summed E-state index contributed by atoms with van der Waals surface area (Å²) in [7, 11) is 0. The van der Waals surface area contributed by atoms with E-state index in [0.717, 1.165) is 11.1 Å². The number of fused-ring (bicyclic) bond motifs is 4. The largest absolute Gasteiger partial charge is 0.449 e. The molecule has 0 bridgehead atoms. The molecule has 0 saturated heterocycles. The Labute approximate surface area is 146 Å². The number of rotatable bonds is 1. The summed E-state index contributed by atoms with van der Waals surface area (Å²) in [4.78, 5) is 16.3. The summed E-state index contributed by atoms with van der Waals surface area (Å²) in [5, 5.41) is 0. The van der Waals surface area contributed by atoms with Gasteiger partial charge in [0.25, 0.3) is 0 Å². The number of benzene rings is 2. The summed E-state index contributed by atoms with van der Waals surface area (Å²) in [5.74, 6) is -0.273. The van der Waals surface area contributed by atoms with E-state index < -0.39 is 0 Å². The fraction of sp³-hybridized carbons (Fsp3) is 0.182. The van der Waals surface area contributed by atoms with Crippen LogP contribution in [0.1, 0.15) is 52.6 Å². The molecule has 2 heterocycles. The second-order valence-corrected chi connectivity index (χ2v) is 7.22. The maximum Gasteiger partial charge on any atom is 0.339 e. The molecule has 1 aromatic heterocycles. The van der Waals surface area contributed by atoms with Crippen LogP contribution in [-0.4, -0.2) is 11.0 Å². The van der Waals surface area contributed by atoms with Crippen LogP contribution in [0.3, 0.4) is 0 Å². The third-order valence-electron chi connectivity index (χ3n) is 5.49. The van der Waals surface area contributed by atoms with Gasteiger partial charge in [-0.25, -0.2) is 4.79 Å². The van der Waals surface area contributed by atoms with Gasteiger partial charge >= 0.3 is 5.97 Å². The lowest BCUT2D eigenvalue weighted by molar-refractivity contribution is 0.0455. The number of nitrogens with zero attached hydrogens (tertiary/aromatic N) is 1. The molecule has 1 atom stereocenters. The third-order valence-corrected chi connectivity index (χ3v) is 5.49. The van der Waals surface area contributed by atoms with Crippen LogP contribution in [-0.2, 0) is 10.2 Å². The molecule has 3 nitrogen and oxygen atoms in total. The second kappa shape index (κ2) is 4.79. The van der Waals surface area contributed by atoms with Gasteiger partial charge in [-0.2, -0.15) is 0 Å². The van der Waals surface area contributed by atoms with Gasteiger partial charge in [-0.1, -0.05) is 56.3 Å². The molecule has 122 valence electrons. The minimum absolute atomic E-state index is 0.0671. The van der Waals surface area contributed by atoms with Crippen LogP contribution in [0.25, 0.3) is 11.1 Å². The molecule has 0 N–H and O–H groups in total. The summed E-state index contributed by atoms with van der Waals surface area (Å²) >= 11 is 0. The Bertz CT molecular complexity index is 1040. The molecule has 1 aliphatic carbocycles. The smallest absolute Gasteiger partial charge is 0.339 e. The lowest BCUT2D eigenvalue weighted by Gasteiger charge is -2.22. The molecule has 2 aliphatic rings. The van der Waals surface area contributed by atoms with Gasteiger partial charge < -0.3 is 4.74 Å². The van der Waals surface area contributed by atoms with Crippen molar-refractivity contribution in [3.05, 3.63) is 88.7 Å². The van der Waals surface area contributed by atoms with Crippen molar-refractivity contribution in [2.24, 2.45) is 0 Å². The molecule has 5 rings (SSSR count). The monoisotopic (exact) mass is 327 g/mol. The molecule has 0 saturated carbocycles. The number of ether oxygens (including phenoxy) is 1. The molecule has 0 radical (unpaired) electrons. The number of esters is 1. The van der Waals surface area contributed by atoms with Crippen LogP contribution in [0.5, 0.6) is 0 Å². The summed E-state index contributed by atoms with van der Waals surface area (Å²) in [6.07, 6.45) is 2.99. The van der Waals surface area contributed by atoms with E-state index in [9.17, 15) is 4.79 Å². The number of carbonyl (C=O) groups excluding carboxylic acids is 1. The van der Waals surface area contributed by atoms with Gasteiger partial charge in [0, 0.05) is 23.4 Å². The predicted octanol–water partition coefficient (Wildman–Crippen LogP) is 4.65. The van der Waals surface area contributed by atoms with E-state index in [4.69, 9.17) is 4.74 Å². The second-order valence-electron chi connectivity index (χ2n) is 7.22. The lowest BCUT2D eigenvalue weighted by Crippen LogP contribution is -2.15. The Kier molecular flexibility index (Phi) is 2.76. The van der Waals surface area contributed by atoms with E-state index in [2.05, 4.69) is 61.3 Å². The standard InChI is InChI=1S/C22H17NO2/c1-22(2)18-6-4-3-5-14(18)15-8-7-13(11-19(15)22)20-17-12-23-10-9-16(17)21(24)25-20/h3-12,20H,1-2H3. The van der Waals surface area contributed by atoms with Crippen molar-refractivity contribution in [2.75, 3.05) is 0 Å². The Morgan fingerprint density at radius 1 is 0.960 bits per heavy atom. The van der Waals surface area contributed by atoms with Crippen molar-refractivity contribution < 1.29 is 9.53 Å². The maximum atomic E-state index is 12.1. The Morgan fingerprint density at radius 3 is 2.64 bits per heavy atom. The van der Waals surface area contributed by atoms with Crippen LogP contribution in [0.15, 0.2) is 60.9 Å². The van der Waals surface area contributed by atoms with Crippen LogP contribution >= 0.6 is 0 Å². The number of cyclic esters (lactones) is 1. The van der Waals surface area contributed by atoms with Crippen molar-refractivity contribution in [3.63, 3.8) is 0 Å². The molecule has 0 spiro atoms. The fourth-order valence-electron chi connectivity index (χ4n) is 4.17. The van der Waals surface area contributed by atoms with E-state index in [0.29, 0.717) is 5.56 Å². The van der Waals surface area contributed by atoms with Gasteiger partial charge in [-0.05, 0) is 33.9 Å². The zero-order chi connectivity index (χ0) is 17.2. The van der Waals surface area contributed by atoms with Crippen LogP contribution < -0.4 is 0 Å². The van der Waals surface area contributed by atoms with Crippen molar-refractivity contribution in [3.8, 4) is 11.1 Å². The zero-order valence-electron chi connectivity index (χ0n) is 14.1. The van der Waals surface area contributed by atoms with E-state index in [-0.39, 0.29) is 17.5 Å². The summed E-state index contributed by atoms with van der Waals surface area (Å²) < 4.78 is 5.64. The van der Waals surface area contributed by atoms with Gasteiger partial charge in [0.15, 0.2) is 6.10 Å². The van der Waals surface area contributed by atoms with E-state index in [1.807, 2.05) is 0 Å². The zero-order valence-corrected chi connectivity index (χ0v) is 14.1. The van der Waals surface area contributed by atoms with E-state index >= 15 is 0 Å². The number of carbonyl (C=O) groups is 1. The van der Waals surface area contributed by atoms with Gasteiger partial charge in [0.2, 0.25) is 0 Å². The average Bonchev–Trinajstić information content (AvgIpc) is 3.09. The quantitative estimate of drug-likeness (QED) is 0.611.